The average Bonchev–Trinajstić information content (AvgIpc) is 3.15. The van der Waals surface area contributed by atoms with Crippen molar-refractivity contribution in [1.82, 2.24) is 0 Å². The van der Waals surface area contributed by atoms with Crippen LogP contribution in [0.15, 0.2) is 36.4 Å². The average molecular weight is 360 g/mol. The topological polar surface area (TPSA) is 46.5 Å². The molecule has 1 aliphatic rings. The molecule has 0 atom stereocenters. The molecule has 0 aromatic heterocycles. The molecule has 2 aromatic carbocycles. The Balaban J connectivity index is 1.77. The van der Waals surface area contributed by atoms with E-state index in [2.05, 4.69) is 6.07 Å². The second-order valence-corrected chi connectivity index (χ2v) is 6.72. The van der Waals surface area contributed by atoms with Crippen LogP contribution in [0.1, 0.15) is 50.0 Å². The van der Waals surface area contributed by atoms with Crippen LogP contribution in [0.3, 0.4) is 0 Å². The number of carboxylic acid groups (broad SMARTS) is 1. The SMILES string of the molecule is O=C(O)CCCOc1c(F)cc(-c2cccc(C3CCCC3)c2)cc1F. The maximum Gasteiger partial charge on any atom is 0.303 e. The van der Waals surface area contributed by atoms with Crippen LogP contribution < -0.4 is 4.74 Å². The molecule has 0 unspecified atom stereocenters. The number of ether oxygens (including phenoxy) is 1. The molecule has 0 bridgehead atoms. The Kier molecular flexibility index (Phi) is 5.86. The van der Waals surface area contributed by atoms with Crippen molar-refractivity contribution >= 4 is 5.97 Å². The normalized spacial score (nSPS) is 14.5. The first-order valence-electron chi connectivity index (χ1n) is 8.98. The zero-order chi connectivity index (χ0) is 18.5. The van der Waals surface area contributed by atoms with Crippen LogP contribution in [-0.4, -0.2) is 17.7 Å². The van der Waals surface area contributed by atoms with E-state index in [4.69, 9.17) is 9.84 Å². The lowest BCUT2D eigenvalue weighted by atomic mass is 9.94. The number of hydrogen-bond acceptors (Lipinski definition) is 2. The lowest BCUT2D eigenvalue weighted by Crippen LogP contribution is -2.05. The summed E-state index contributed by atoms with van der Waals surface area (Å²) in [5.41, 5.74) is 2.47. The summed E-state index contributed by atoms with van der Waals surface area (Å²) >= 11 is 0. The quantitative estimate of drug-likeness (QED) is 0.660. The molecule has 2 aromatic rings. The summed E-state index contributed by atoms with van der Waals surface area (Å²) in [5.74, 6) is -2.44. The van der Waals surface area contributed by atoms with Gasteiger partial charge in [-0.15, -0.1) is 0 Å². The van der Waals surface area contributed by atoms with Gasteiger partial charge in [0.2, 0.25) is 0 Å². The fraction of sp³-hybridized carbons (Fsp3) is 0.381. The Morgan fingerprint density at radius 2 is 1.77 bits per heavy atom. The van der Waals surface area contributed by atoms with E-state index in [1.54, 1.807) is 0 Å². The lowest BCUT2D eigenvalue weighted by Gasteiger charge is -2.13. The van der Waals surface area contributed by atoms with Crippen LogP contribution >= 0.6 is 0 Å². The van der Waals surface area contributed by atoms with Gasteiger partial charge in [-0.3, -0.25) is 4.79 Å². The van der Waals surface area contributed by atoms with Crippen molar-refractivity contribution in [3.63, 3.8) is 0 Å². The summed E-state index contributed by atoms with van der Waals surface area (Å²) in [4.78, 5) is 10.5. The van der Waals surface area contributed by atoms with Crippen LogP contribution in [-0.2, 0) is 4.79 Å². The Labute approximate surface area is 151 Å². The fourth-order valence-corrected chi connectivity index (χ4v) is 3.49. The zero-order valence-corrected chi connectivity index (χ0v) is 14.5. The molecule has 26 heavy (non-hydrogen) atoms. The number of aliphatic carboxylic acids is 1. The second kappa shape index (κ2) is 8.30. The molecule has 0 saturated heterocycles. The second-order valence-electron chi connectivity index (χ2n) is 6.72. The van der Waals surface area contributed by atoms with E-state index in [1.165, 1.54) is 30.5 Å². The first-order chi connectivity index (χ1) is 12.5. The molecule has 1 N–H and O–H groups in total. The molecule has 0 heterocycles. The minimum Gasteiger partial charge on any atom is -0.488 e. The molecule has 1 fully saturated rings. The molecule has 3 nitrogen and oxygen atoms in total. The van der Waals surface area contributed by atoms with Crippen molar-refractivity contribution in [2.24, 2.45) is 0 Å². The number of halogens is 2. The number of carboxylic acids is 1. The van der Waals surface area contributed by atoms with Crippen molar-refractivity contribution in [2.75, 3.05) is 6.61 Å². The first kappa shape index (κ1) is 18.4. The van der Waals surface area contributed by atoms with Crippen LogP contribution in [0.5, 0.6) is 5.75 Å². The highest BCUT2D eigenvalue weighted by Gasteiger charge is 2.18. The summed E-state index contributed by atoms with van der Waals surface area (Å²) in [6, 6.07) is 10.4. The van der Waals surface area contributed by atoms with E-state index < -0.39 is 23.4 Å². The van der Waals surface area contributed by atoms with Crippen LogP contribution in [0.4, 0.5) is 8.78 Å². The third-order valence-corrected chi connectivity index (χ3v) is 4.83. The fourth-order valence-electron chi connectivity index (χ4n) is 3.49. The Hall–Kier alpha value is -2.43. The predicted molar refractivity (Wildman–Crippen MR) is 95.4 cm³/mol. The summed E-state index contributed by atoms with van der Waals surface area (Å²) in [7, 11) is 0. The monoisotopic (exact) mass is 360 g/mol. The van der Waals surface area contributed by atoms with Gasteiger partial charge in [0, 0.05) is 6.42 Å². The lowest BCUT2D eigenvalue weighted by molar-refractivity contribution is -0.137. The van der Waals surface area contributed by atoms with Crippen molar-refractivity contribution in [1.29, 1.82) is 0 Å². The molecule has 0 aliphatic heterocycles. The van der Waals surface area contributed by atoms with E-state index in [9.17, 15) is 13.6 Å². The van der Waals surface area contributed by atoms with Crippen molar-refractivity contribution in [3.8, 4) is 16.9 Å². The van der Waals surface area contributed by atoms with Crippen molar-refractivity contribution in [3.05, 3.63) is 53.6 Å². The van der Waals surface area contributed by atoms with Gasteiger partial charge in [0.25, 0.3) is 0 Å². The molecule has 0 radical (unpaired) electrons. The van der Waals surface area contributed by atoms with Crippen molar-refractivity contribution < 1.29 is 23.4 Å². The number of benzene rings is 2. The number of carbonyl (C=O) groups is 1. The highest BCUT2D eigenvalue weighted by atomic mass is 19.1. The molecule has 3 rings (SSSR count). The number of rotatable bonds is 7. The van der Waals surface area contributed by atoms with Crippen molar-refractivity contribution in [2.45, 2.75) is 44.4 Å². The van der Waals surface area contributed by atoms with Crippen LogP contribution in [0.2, 0.25) is 0 Å². The summed E-state index contributed by atoms with van der Waals surface area (Å²) in [5, 5.41) is 8.58. The molecular weight excluding hydrogens is 338 g/mol. The molecular formula is C21H22F2O3. The molecule has 138 valence electrons. The maximum atomic E-state index is 14.3. The Morgan fingerprint density at radius 1 is 1.08 bits per heavy atom. The first-order valence-corrected chi connectivity index (χ1v) is 8.98. The highest BCUT2D eigenvalue weighted by Crippen LogP contribution is 2.36. The van der Waals surface area contributed by atoms with Gasteiger partial charge in [-0.25, -0.2) is 8.78 Å². The predicted octanol–water partition coefficient (Wildman–Crippen LogP) is 5.53. The third kappa shape index (κ3) is 4.40. The van der Waals surface area contributed by atoms with E-state index in [0.717, 1.165) is 18.4 Å². The van der Waals surface area contributed by atoms with Crippen LogP contribution in [0, 0.1) is 11.6 Å². The third-order valence-electron chi connectivity index (χ3n) is 4.83. The van der Waals surface area contributed by atoms with Gasteiger partial charge in [-0.05, 0) is 54.0 Å². The molecule has 5 heteroatoms. The Morgan fingerprint density at radius 3 is 2.42 bits per heavy atom. The smallest absolute Gasteiger partial charge is 0.303 e. The van der Waals surface area contributed by atoms with Gasteiger partial charge in [0.1, 0.15) is 0 Å². The minimum atomic E-state index is -0.966. The van der Waals surface area contributed by atoms with E-state index in [1.807, 2.05) is 18.2 Å². The van der Waals surface area contributed by atoms with E-state index in [-0.39, 0.29) is 19.4 Å². The molecule has 0 amide bonds. The summed E-state index contributed by atoms with van der Waals surface area (Å²) < 4.78 is 33.7. The minimum absolute atomic E-state index is 0.0450. The maximum absolute atomic E-state index is 14.3. The van der Waals surface area contributed by atoms with Gasteiger partial charge < -0.3 is 9.84 Å². The Bertz CT molecular complexity index is 760. The van der Waals surface area contributed by atoms with Gasteiger partial charge >= 0.3 is 5.97 Å². The van der Waals surface area contributed by atoms with Gasteiger partial charge in [0.15, 0.2) is 17.4 Å². The van der Waals surface area contributed by atoms with Gasteiger partial charge in [0.05, 0.1) is 6.61 Å². The zero-order valence-electron chi connectivity index (χ0n) is 14.5. The molecule has 1 saturated carbocycles. The molecule has 1 aliphatic carbocycles. The van der Waals surface area contributed by atoms with Gasteiger partial charge in [-0.1, -0.05) is 37.1 Å². The standard InChI is InChI=1S/C21H22F2O3/c22-18-12-17(13-19(23)21(18)26-10-4-9-20(24)25)16-8-3-7-15(11-16)14-5-1-2-6-14/h3,7-8,11-14H,1-2,4-6,9-10H2,(H,24,25). The summed E-state index contributed by atoms with van der Waals surface area (Å²) in [6.45, 7) is -0.0450. The largest absolute Gasteiger partial charge is 0.488 e. The summed E-state index contributed by atoms with van der Waals surface area (Å²) in [6.07, 6.45) is 4.87. The van der Waals surface area contributed by atoms with E-state index in [0.29, 0.717) is 11.5 Å². The van der Waals surface area contributed by atoms with Crippen LogP contribution in [0.25, 0.3) is 11.1 Å². The van der Waals surface area contributed by atoms with Gasteiger partial charge in [-0.2, -0.15) is 0 Å². The highest BCUT2D eigenvalue weighted by molar-refractivity contribution is 5.67. The van der Waals surface area contributed by atoms with E-state index >= 15 is 0 Å². The molecule has 0 spiro atoms. The number of hydrogen-bond donors (Lipinski definition) is 1.